The van der Waals surface area contributed by atoms with Crippen LogP contribution in [0.1, 0.15) is 44.5 Å². The van der Waals surface area contributed by atoms with E-state index < -0.39 is 5.60 Å². The Hall–Kier alpha value is -1.32. The number of carbonyl (C=O) groups is 1. The van der Waals surface area contributed by atoms with Gasteiger partial charge in [-0.05, 0) is 19.8 Å². The van der Waals surface area contributed by atoms with Crippen LogP contribution in [0.25, 0.3) is 0 Å². The minimum atomic E-state index is -0.418. The summed E-state index contributed by atoms with van der Waals surface area (Å²) < 4.78 is 7.63. The molecule has 0 saturated carbocycles. The van der Waals surface area contributed by atoms with Crippen LogP contribution in [0.15, 0.2) is 6.20 Å². The maximum Gasteiger partial charge on any atom is 0.223 e. The van der Waals surface area contributed by atoms with Gasteiger partial charge in [0.25, 0.3) is 0 Å². The second-order valence-electron chi connectivity index (χ2n) is 5.40. The molecule has 0 aliphatic carbocycles. The lowest BCUT2D eigenvalue weighted by Crippen LogP contribution is -2.36. The van der Waals surface area contributed by atoms with Crippen molar-refractivity contribution in [2.75, 3.05) is 0 Å². The molecule has 0 saturated heterocycles. The maximum atomic E-state index is 11.9. The first-order valence-electron chi connectivity index (χ1n) is 5.67. The zero-order valence-electron chi connectivity index (χ0n) is 10.3. The van der Waals surface area contributed by atoms with Crippen molar-refractivity contribution >= 4 is 5.78 Å². The number of ketones is 1. The van der Waals surface area contributed by atoms with Crippen molar-refractivity contribution < 1.29 is 9.53 Å². The van der Waals surface area contributed by atoms with Crippen molar-refractivity contribution in [1.82, 2.24) is 9.78 Å². The SMILES string of the molecule is CC(C)Cn1ncc2c1OC(C)(C)CC2=O. The first kappa shape index (κ1) is 11.2. The molecule has 0 atom stereocenters. The number of nitrogens with zero attached hydrogens (tertiary/aromatic N) is 2. The van der Waals surface area contributed by atoms with Gasteiger partial charge in [0.05, 0.1) is 18.2 Å². The van der Waals surface area contributed by atoms with E-state index >= 15 is 0 Å². The molecular formula is C12H18N2O2. The molecular weight excluding hydrogens is 204 g/mol. The van der Waals surface area contributed by atoms with Crippen LogP contribution in [0.4, 0.5) is 0 Å². The van der Waals surface area contributed by atoms with Gasteiger partial charge in [0.1, 0.15) is 5.60 Å². The number of hydrogen-bond donors (Lipinski definition) is 0. The quantitative estimate of drug-likeness (QED) is 0.771. The van der Waals surface area contributed by atoms with Crippen molar-refractivity contribution in [3.63, 3.8) is 0 Å². The Kier molecular flexibility index (Phi) is 2.52. The molecule has 0 fully saturated rings. The standard InChI is InChI=1S/C12H18N2O2/c1-8(2)7-14-11-9(6-13-14)10(15)5-12(3,4)16-11/h6,8H,5,7H2,1-4H3. The minimum absolute atomic E-state index is 0.126. The fourth-order valence-electron chi connectivity index (χ4n) is 1.93. The smallest absolute Gasteiger partial charge is 0.223 e. The molecule has 88 valence electrons. The van der Waals surface area contributed by atoms with Crippen LogP contribution in [-0.4, -0.2) is 21.2 Å². The summed E-state index contributed by atoms with van der Waals surface area (Å²) in [5.41, 5.74) is 0.207. The van der Waals surface area contributed by atoms with Crippen molar-refractivity contribution in [2.24, 2.45) is 5.92 Å². The number of Topliss-reactive ketones (excluding diaryl/α,β-unsaturated/α-hetero) is 1. The van der Waals surface area contributed by atoms with Crippen molar-refractivity contribution in [2.45, 2.75) is 46.3 Å². The summed E-state index contributed by atoms with van der Waals surface area (Å²) in [6.45, 7) is 8.87. The van der Waals surface area contributed by atoms with Crippen LogP contribution in [0.3, 0.4) is 0 Å². The number of fused-ring (bicyclic) bond motifs is 1. The van der Waals surface area contributed by atoms with E-state index in [0.717, 1.165) is 6.54 Å². The molecule has 0 unspecified atom stereocenters. The van der Waals surface area contributed by atoms with E-state index in [-0.39, 0.29) is 5.78 Å². The Morgan fingerprint density at radius 3 is 2.88 bits per heavy atom. The van der Waals surface area contributed by atoms with Gasteiger partial charge in [0, 0.05) is 6.54 Å². The zero-order valence-corrected chi connectivity index (χ0v) is 10.3. The monoisotopic (exact) mass is 222 g/mol. The summed E-state index contributed by atoms with van der Waals surface area (Å²) in [6, 6.07) is 0. The Labute approximate surface area is 95.6 Å². The number of carbonyl (C=O) groups excluding carboxylic acids is 1. The molecule has 0 aromatic carbocycles. The van der Waals surface area contributed by atoms with E-state index in [1.54, 1.807) is 10.9 Å². The first-order valence-corrected chi connectivity index (χ1v) is 5.67. The molecule has 0 spiro atoms. The predicted molar refractivity (Wildman–Crippen MR) is 60.7 cm³/mol. The molecule has 4 nitrogen and oxygen atoms in total. The molecule has 1 aliphatic heterocycles. The number of rotatable bonds is 2. The van der Waals surface area contributed by atoms with E-state index in [4.69, 9.17) is 4.74 Å². The van der Waals surface area contributed by atoms with E-state index in [2.05, 4.69) is 18.9 Å². The topological polar surface area (TPSA) is 44.1 Å². The highest BCUT2D eigenvalue weighted by Gasteiger charge is 2.35. The normalized spacial score (nSPS) is 18.4. The molecule has 0 N–H and O–H groups in total. The number of ether oxygens (including phenoxy) is 1. The Bertz CT molecular complexity index is 419. The largest absolute Gasteiger partial charge is 0.471 e. The molecule has 4 heteroatoms. The number of hydrogen-bond acceptors (Lipinski definition) is 3. The van der Waals surface area contributed by atoms with Crippen LogP contribution in [0.2, 0.25) is 0 Å². The molecule has 1 aromatic heterocycles. The van der Waals surface area contributed by atoms with Gasteiger partial charge < -0.3 is 4.74 Å². The van der Waals surface area contributed by atoms with Gasteiger partial charge in [-0.25, -0.2) is 4.68 Å². The van der Waals surface area contributed by atoms with Gasteiger partial charge in [0.2, 0.25) is 5.88 Å². The summed E-state index contributed by atoms with van der Waals surface area (Å²) in [7, 11) is 0. The van der Waals surface area contributed by atoms with Crippen molar-refractivity contribution in [1.29, 1.82) is 0 Å². The van der Waals surface area contributed by atoms with Crippen LogP contribution >= 0.6 is 0 Å². The Morgan fingerprint density at radius 2 is 2.25 bits per heavy atom. The fourth-order valence-corrected chi connectivity index (χ4v) is 1.93. The highest BCUT2D eigenvalue weighted by Crippen LogP contribution is 2.33. The zero-order chi connectivity index (χ0) is 11.9. The fraction of sp³-hybridized carbons (Fsp3) is 0.667. The second-order valence-corrected chi connectivity index (χ2v) is 5.40. The number of aromatic nitrogens is 2. The van der Waals surface area contributed by atoms with Gasteiger partial charge in [0.15, 0.2) is 5.78 Å². The van der Waals surface area contributed by atoms with Gasteiger partial charge in [-0.3, -0.25) is 4.79 Å². The van der Waals surface area contributed by atoms with Crippen LogP contribution in [-0.2, 0) is 6.54 Å². The lowest BCUT2D eigenvalue weighted by atomic mass is 9.96. The average Bonchev–Trinajstić information content (AvgIpc) is 2.45. The van der Waals surface area contributed by atoms with Crippen LogP contribution in [0.5, 0.6) is 5.88 Å². The highest BCUT2D eigenvalue weighted by atomic mass is 16.5. The lowest BCUT2D eigenvalue weighted by molar-refractivity contribution is 0.0556. The molecule has 0 radical (unpaired) electrons. The highest BCUT2D eigenvalue weighted by molar-refractivity contribution is 5.99. The third-order valence-electron chi connectivity index (χ3n) is 2.59. The Balaban J connectivity index is 2.37. The third-order valence-corrected chi connectivity index (χ3v) is 2.59. The van der Waals surface area contributed by atoms with Gasteiger partial charge in [-0.1, -0.05) is 13.8 Å². The summed E-state index contributed by atoms with van der Waals surface area (Å²) in [5.74, 6) is 1.24. The summed E-state index contributed by atoms with van der Waals surface area (Å²) in [4.78, 5) is 11.9. The van der Waals surface area contributed by atoms with E-state index in [1.807, 2.05) is 13.8 Å². The van der Waals surface area contributed by atoms with E-state index in [9.17, 15) is 4.79 Å². The summed E-state index contributed by atoms with van der Waals surface area (Å²) in [6.07, 6.45) is 2.04. The van der Waals surface area contributed by atoms with E-state index in [1.165, 1.54) is 0 Å². The molecule has 16 heavy (non-hydrogen) atoms. The molecule has 0 bridgehead atoms. The molecule has 1 aromatic rings. The molecule has 0 amide bonds. The van der Waals surface area contributed by atoms with Crippen molar-refractivity contribution in [3.05, 3.63) is 11.8 Å². The van der Waals surface area contributed by atoms with Crippen LogP contribution < -0.4 is 4.74 Å². The van der Waals surface area contributed by atoms with Crippen molar-refractivity contribution in [3.8, 4) is 5.88 Å². The predicted octanol–water partition coefficient (Wildman–Crippen LogP) is 2.28. The maximum absolute atomic E-state index is 11.9. The van der Waals surface area contributed by atoms with Crippen LogP contribution in [0, 0.1) is 5.92 Å². The Morgan fingerprint density at radius 1 is 1.56 bits per heavy atom. The summed E-state index contributed by atoms with van der Waals surface area (Å²) >= 11 is 0. The second kappa shape index (κ2) is 3.61. The summed E-state index contributed by atoms with van der Waals surface area (Å²) in [5, 5.41) is 4.22. The van der Waals surface area contributed by atoms with Gasteiger partial charge in [-0.15, -0.1) is 0 Å². The lowest BCUT2D eigenvalue weighted by Gasteiger charge is -2.30. The van der Waals surface area contributed by atoms with Gasteiger partial charge in [-0.2, -0.15) is 5.10 Å². The molecule has 2 rings (SSSR count). The van der Waals surface area contributed by atoms with Gasteiger partial charge >= 0.3 is 0 Å². The molecule has 1 aliphatic rings. The van der Waals surface area contributed by atoms with E-state index in [0.29, 0.717) is 23.8 Å². The average molecular weight is 222 g/mol. The molecule has 2 heterocycles. The first-order chi connectivity index (χ1) is 7.39. The third kappa shape index (κ3) is 1.96. The minimum Gasteiger partial charge on any atom is -0.471 e.